The van der Waals surface area contributed by atoms with Crippen LogP contribution >= 0.6 is 11.3 Å². The summed E-state index contributed by atoms with van der Waals surface area (Å²) >= 11 is 1.56. The maximum Gasteiger partial charge on any atom is 0.416 e. The third-order valence-corrected chi connectivity index (χ3v) is 5.88. The minimum Gasteiger partial charge on any atom is -0.342 e. The van der Waals surface area contributed by atoms with Gasteiger partial charge < -0.3 is 9.42 Å². The molecule has 1 atom stereocenters. The van der Waals surface area contributed by atoms with Crippen molar-refractivity contribution in [2.45, 2.75) is 31.9 Å². The fraction of sp³-hybridized carbons (Fsp3) is 0.381. The van der Waals surface area contributed by atoms with Gasteiger partial charge >= 0.3 is 6.18 Å². The molecule has 1 fully saturated rings. The Kier molecular flexibility index (Phi) is 5.90. The van der Waals surface area contributed by atoms with E-state index in [4.69, 9.17) is 4.52 Å². The fourth-order valence-electron chi connectivity index (χ4n) is 3.70. The van der Waals surface area contributed by atoms with Crippen molar-refractivity contribution in [1.82, 2.24) is 15.0 Å². The van der Waals surface area contributed by atoms with E-state index in [0.717, 1.165) is 30.5 Å². The summed E-state index contributed by atoms with van der Waals surface area (Å²) in [5, 5.41) is 7.90. The van der Waals surface area contributed by atoms with E-state index in [1.165, 1.54) is 6.07 Å². The molecule has 1 aliphatic heterocycles. The second-order valence-electron chi connectivity index (χ2n) is 7.45. The maximum atomic E-state index is 12.9. The zero-order chi connectivity index (χ0) is 21.1. The molecule has 1 amide bonds. The lowest BCUT2D eigenvalue weighted by atomic mass is 9.94. The molecule has 3 heterocycles. The Balaban J connectivity index is 1.36. The number of piperidine rings is 1. The van der Waals surface area contributed by atoms with Crippen LogP contribution < -0.4 is 0 Å². The van der Waals surface area contributed by atoms with Crippen LogP contribution in [0.3, 0.4) is 0 Å². The highest BCUT2D eigenvalue weighted by atomic mass is 32.1. The molecule has 2 aromatic heterocycles. The van der Waals surface area contributed by atoms with Gasteiger partial charge in [-0.3, -0.25) is 4.79 Å². The number of aromatic nitrogens is 2. The fourth-order valence-corrected chi connectivity index (χ4v) is 4.33. The molecule has 0 N–H and O–H groups in total. The van der Waals surface area contributed by atoms with E-state index in [1.807, 2.05) is 16.8 Å². The number of carbonyl (C=O) groups is 1. The van der Waals surface area contributed by atoms with Gasteiger partial charge in [-0.15, -0.1) is 0 Å². The monoisotopic (exact) mass is 435 g/mol. The van der Waals surface area contributed by atoms with Crippen molar-refractivity contribution >= 4 is 17.2 Å². The van der Waals surface area contributed by atoms with Crippen LogP contribution in [-0.4, -0.2) is 34.0 Å². The number of thiophene rings is 1. The van der Waals surface area contributed by atoms with Gasteiger partial charge in [0.1, 0.15) is 0 Å². The van der Waals surface area contributed by atoms with Gasteiger partial charge in [-0.05, 0) is 41.8 Å². The van der Waals surface area contributed by atoms with E-state index < -0.39 is 11.7 Å². The topological polar surface area (TPSA) is 59.2 Å². The molecule has 3 aromatic rings. The van der Waals surface area contributed by atoms with Crippen molar-refractivity contribution < 1.29 is 22.5 Å². The molecule has 1 saturated heterocycles. The molecular formula is C21H20F3N3O2S. The molecule has 0 radical (unpaired) electrons. The van der Waals surface area contributed by atoms with Crippen molar-refractivity contribution in [3.8, 4) is 11.4 Å². The molecule has 0 aliphatic carbocycles. The average molecular weight is 435 g/mol. The first kappa shape index (κ1) is 20.6. The van der Waals surface area contributed by atoms with Crippen LogP contribution in [0.1, 0.15) is 29.9 Å². The predicted molar refractivity (Wildman–Crippen MR) is 106 cm³/mol. The summed E-state index contributed by atoms with van der Waals surface area (Å²) in [5.41, 5.74) is 0.549. The molecule has 1 unspecified atom stereocenters. The lowest BCUT2D eigenvalue weighted by Gasteiger charge is -2.32. The van der Waals surface area contributed by atoms with Crippen molar-refractivity contribution in [2.75, 3.05) is 13.1 Å². The third-order valence-electron chi connectivity index (χ3n) is 5.19. The van der Waals surface area contributed by atoms with Gasteiger partial charge in [0.25, 0.3) is 0 Å². The lowest BCUT2D eigenvalue weighted by molar-refractivity contribution is -0.138. The first-order valence-electron chi connectivity index (χ1n) is 9.67. The average Bonchev–Trinajstić information content (AvgIpc) is 3.39. The summed E-state index contributed by atoms with van der Waals surface area (Å²) in [5.74, 6) is 1.11. The van der Waals surface area contributed by atoms with Gasteiger partial charge in [-0.25, -0.2) is 0 Å². The van der Waals surface area contributed by atoms with Crippen molar-refractivity contribution in [1.29, 1.82) is 0 Å². The van der Waals surface area contributed by atoms with Crippen LogP contribution in [0.25, 0.3) is 11.4 Å². The van der Waals surface area contributed by atoms with E-state index >= 15 is 0 Å². The van der Waals surface area contributed by atoms with Gasteiger partial charge in [0.2, 0.25) is 17.6 Å². The summed E-state index contributed by atoms with van der Waals surface area (Å²) < 4.78 is 44.0. The standard InChI is InChI=1S/C21H20F3N3O2S/c22-21(23,24)17-5-1-3-14(9-17)11-19(28)27-7-2-4-15(12-27)10-18-25-20(26-29-18)16-6-8-30-13-16/h1,3,5-6,8-9,13,15H,2,4,7,10-12H2. The summed E-state index contributed by atoms with van der Waals surface area (Å²) in [4.78, 5) is 18.8. The molecule has 0 spiro atoms. The highest BCUT2D eigenvalue weighted by Crippen LogP contribution is 2.30. The molecular weight excluding hydrogens is 415 g/mol. The van der Waals surface area contributed by atoms with Gasteiger partial charge in [0.15, 0.2) is 0 Å². The SMILES string of the molecule is O=C(Cc1cccc(C(F)(F)F)c1)N1CCCC(Cc2nc(-c3ccsc3)no2)C1. The number of hydrogen-bond acceptors (Lipinski definition) is 5. The van der Waals surface area contributed by atoms with Crippen molar-refractivity contribution in [2.24, 2.45) is 5.92 Å². The smallest absolute Gasteiger partial charge is 0.342 e. The second kappa shape index (κ2) is 8.59. The zero-order valence-corrected chi connectivity index (χ0v) is 16.9. The molecule has 0 saturated carbocycles. The Morgan fingerprint density at radius 1 is 1.30 bits per heavy atom. The van der Waals surface area contributed by atoms with E-state index in [-0.39, 0.29) is 18.2 Å². The summed E-state index contributed by atoms with van der Waals surface area (Å²) in [6, 6.07) is 6.88. The van der Waals surface area contributed by atoms with Gasteiger partial charge in [-0.2, -0.15) is 29.5 Å². The van der Waals surface area contributed by atoms with Crippen LogP contribution in [0.15, 0.2) is 45.6 Å². The van der Waals surface area contributed by atoms with E-state index in [1.54, 1.807) is 22.3 Å². The molecule has 4 rings (SSSR count). The van der Waals surface area contributed by atoms with Crippen LogP contribution in [0.4, 0.5) is 13.2 Å². The normalized spacial score (nSPS) is 17.3. The minimum atomic E-state index is -4.42. The number of benzene rings is 1. The number of amides is 1. The van der Waals surface area contributed by atoms with Gasteiger partial charge in [-0.1, -0.05) is 23.4 Å². The van der Waals surface area contributed by atoms with E-state index in [2.05, 4.69) is 10.1 Å². The molecule has 158 valence electrons. The highest BCUT2D eigenvalue weighted by molar-refractivity contribution is 7.08. The number of alkyl halides is 3. The first-order chi connectivity index (χ1) is 14.4. The Labute approximate surface area is 175 Å². The largest absolute Gasteiger partial charge is 0.416 e. The van der Waals surface area contributed by atoms with Gasteiger partial charge in [0.05, 0.1) is 12.0 Å². The van der Waals surface area contributed by atoms with Crippen LogP contribution in [0.2, 0.25) is 0 Å². The third kappa shape index (κ3) is 4.89. The molecule has 9 heteroatoms. The quantitative estimate of drug-likeness (QED) is 0.575. The molecule has 1 aromatic carbocycles. The number of carbonyl (C=O) groups excluding carboxylic acids is 1. The van der Waals surface area contributed by atoms with Crippen molar-refractivity contribution in [3.63, 3.8) is 0 Å². The number of hydrogen-bond donors (Lipinski definition) is 0. The summed E-state index contributed by atoms with van der Waals surface area (Å²) in [7, 11) is 0. The van der Waals surface area contributed by atoms with Gasteiger partial charge in [0, 0.05) is 30.5 Å². The minimum absolute atomic E-state index is 0.0422. The highest BCUT2D eigenvalue weighted by Gasteiger charge is 2.31. The second-order valence-corrected chi connectivity index (χ2v) is 8.23. The Bertz CT molecular complexity index is 1000. The van der Waals surface area contributed by atoms with Crippen LogP contribution in [0, 0.1) is 5.92 Å². The number of halogens is 3. The van der Waals surface area contributed by atoms with E-state index in [9.17, 15) is 18.0 Å². The lowest BCUT2D eigenvalue weighted by Crippen LogP contribution is -2.41. The number of rotatable bonds is 5. The number of nitrogens with zero attached hydrogens (tertiary/aromatic N) is 3. The Morgan fingerprint density at radius 2 is 2.17 bits per heavy atom. The predicted octanol–water partition coefficient (Wildman–Crippen LogP) is 4.84. The van der Waals surface area contributed by atoms with Crippen LogP contribution in [-0.2, 0) is 23.8 Å². The molecule has 1 aliphatic rings. The zero-order valence-electron chi connectivity index (χ0n) is 16.1. The first-order valence-corrected chi connectivity index (χ1v) is 10.6. The molecule has 5 nitrogen and oxygen atoms in total. The van der Waals surface area contributed by atoms with E-state index in [0.29, 0.717) is 36.8 Å². The Morgan fingerprint density at radius 3 is 2.93 bits per heavy atom. The van der Waals surface area contributed by atoms with Crippen molar-refractivity contribution in [3.05, 3.63) is 58.1 Å². The molecule has 30 heavy (non-hydrogen) atoms. The maximum absolute atomic E-state index is 12.9. The summed E-state index contributed by atoms with van der Waals surface area (Å²) in [6.45, 7) is 1.15. The molecule has 0 bridgehead atoms. The summed E-state index contributed by atoms with van der Waals surface area (Å²) in [6.07, 6.45) is -2.11. The Hall–Kier alpha value is -2.68. The van der Waals surface area contributed by atoms with Crippen LogP contribution in [0.5, 0.6) is 0 Å². The number of likely N-dealkylation sites (tertiary alicyclic amines) is 1.